The number of aromatic carboxylic acids is 1. The Bertz CT molecular complexity index is 695. The first kappa shape index (κ1) is 15.0. The number of thiazole rings is 1. The summed E-state index contributed by atoms with van der Waals surface area (Å²) in [5.41, 5.74) is 0.202. The van der Waals surface area contributed by atoms with E-state index in [2.05, 4.69) is 10.3 Å². The number of aryl methyl sites for hydroxylation is 1. The molecule has 0 atom stereocenters. The largest absolute Gasteiger partial charge is 0.477 e. The molecule has 0 saturated heterocycles. The maximum absolute atomic E-state index is 13.0. The minimum Gasteiger partial charge on any atom is -0.477 e. The lowest BCUT2D eigenvalue weighted by molar-refractivity contribution is 0.0701. The third-order valence-electron chi connectivity index (χ3n) is 2.56. The first-order valence-electron chi connectivity index (χ1n) is 5.80. The molecule has 0 spiro atoms. The van der Waals surface area contributed by atoms with Crippen molar-refractivity contribution in [1.29, 1.82) is 0 Å². The highest BCUT2D eigenvalue weighted by atomic mass is 32.1. The summed E-state index contributed by atoms with van der Waals surface area (Å²) in [5, 5.41) is 11.7. The molecule has 2 aromatic rings. The van der Waals surface area contributed by atoms with E-state index in [4.69, 9.17) is 5.11 Å². The highest BCUT2D eigenvalue weighted by molar-refractivity contribution is 7.13. The number of carbonyl (C=O) groups excluding carboxylic acids is 1. The second kappa shape index (κ2) is 5.96. The number of aromatic nitrogens is 1. The molecular weight excluding hydrogens is 302 g/mol. The molecular formula is C13H10F2N2O3S. The Morgan fingerprint density at radius 2 is 1.90 bits per heavy atom. The number of benzene rings is 1. The molecule has 5 nitrogen and oxygen atoms in total. The average Bonchev–Trinajstić information content (AvgIpc) is 2.76. The molecule has 1 aromatic heterocycles. The van der Waals surface area contributed by atoms with Crippen molar-refractivity contribution >= 4 is 23.2 Å². The van der Waals surface area contributed by atoms with Gasteiger partial charge in [0.1, 0.15) is 21.5 Å². The molecule has 0 saturated carbocycles. The fraction of sp³-hybridized carbons (Fsp3) is 0.154. The van der Waals surface area contributed by atoms with Crippen molar-refractivity contribution in [3.8, 4) is 0 Å². The number of amides is 1. The lowest BCUT2D eigenvalue weighted by Crippen LogP contribution is -2.23. The molecule has 0 aliphatic carbocycles. The zero-order valence-corrected chi connectivity index (χ0v) is 11.6. The quantitative estimate of drug-likeness (QED) is 0.908. The third kappa shape index (κ3) is 3.60. The summed E-state index contributed by atoms with van der Waals surface area (Å²) in [6, 6.07) is 2.49. The van der Waals surface area contributed by atoms with Crippen LogP contribution in [0.15, 0.2) is 18.2 Å². The van der Waals surface area contributed by atoms with Crippen LogP contribution in [0.2, 0.25) is 0 Å². The van der Waals surface area contributed by atoms with Gasteiger partial charge in [0.15, 0.2) is 0 Å². The van der Waals surface area contributed by atoms with Crippen LogP contribution in [-0.4, -0.2) is 22.0 Å². The fourth-order valence-corrected chi connectivity index (χ4v) is 2.51. The van der Waals surface area contributed by atoms with Crippen LogP contribution in [0.5, 0.6) is 0 Å². The normalized spacial score (nSPS) is 10.4. The van der Waals surface area contributed by atoms with Crippen molar-refractivity contribution in [2.24, 2.45) is 0 Å². The molecule has 0 aliphatic rings. The second-order valence-corrected chi connectivity index (χ2v) is 5.25. The van der Waals surface area contributed by atoms with E-state index < -0.39 is 23.5 Å². The molecule has 1 aromatic carbocycles. The summed E-state index contributed by atoms with van der Waals surface area (Å²) in [7, 11) is 0. The molecule has 21 heavy (non-hydrogen) atoms. The Morgan fingerprint density at radius 3 is 2.43 bits per heavy atom. The lowest BCUT2D eigenvalue weighted by Gasteiger charge is -2.03. The van der Waals surface area contributed by atoms with Crippen molar-refractivity contribution in [2.75, 3.05) is 0 Å². The maximum Gasteiger partial charge on any atom is 0.347 e. The number of carboxylic acids is 1. The SMILES string of the molecule is Cc1nc(CNC(=O)c2cc(F)cc(F)c2)sc1C(=O)O. The maximum atomic E-state index is 13.0. The van der Waals surface area contributed by atoms with Gasteiger partial charge in [0.25, 0.3) is 5.91 Å². The number of hydrogen-bond donors (Lipinski definition) is 2. The van der Waals surface area contributed by atoms with Crippen LogP contribution < -0.4 is 5.32 Å². The predicted octanol–water partition coefficient (Wildman–Crippen LogP) is 2.36. The standard InChI is InChI=1S/C13H10F2N2O3S/c1-6-11(13(19)20)21-10(17-6)5-16-12(18)7-2-8(14)4-9(15)3-7/h2-4H,5H2,1H3,(H,16,18)(H,19,20). The number of nitrogens with zero attached hydrogens (tertiary/aromatic N) is 1. The van der Waals surface area contributed by atoms with E-state index in [9.17, 15) is 18.4 Å². The van der Waals surface area contributed by atoms with Gasteiger partial charge in [0.05, 0.1) is 12.2 Å². The molecule has 0 unspecified atom stereocenters. The van der Waals surface area contributed by atoms with Gasteiger partial charge in [0.2, 0.25) is 0 Å². The lowest BCUT2D eigenvalue weighted by atomic mass is 10.2. The van der Waals surface area contributed by atoms with E-state index in [1.54, 1.807) is 6.92 Å². The van der Waals surface area contributed by atoms with Gasteiger partial charge < -0.3 is 10.4 Å². The van der Waals surface area contributed by atoms with Crippen LogP contribution in [0, 0.1) is 18.6 Å². The Balaban J connectivity index is 2.07. The summed E-state index contributed by atoms with van der Waals surface area (Å²) in [6.45, 7) is 1.53. The van der Waals surface area contributed by atoms with Crippen LogP contribution in [0.1, 0.15) is 30.7 Å². The minimum atomic E-state index is -1.09. The zero-order valence-electron chi connectivity index (χ0n) is 10.8. The second-order valence-electron chi connectivity index (χ2n) is 4.17. The Kier molecular flexibility index (Phi) is 4.27. The van der Waals surface area contributed by atoms with Crippen molar-refractivity contribution in [2.45, 2.75) is 13.5 Å². The summed E-state index contributed by atoms with van der Waals surface area (Å²) in [6.07, 6.45) is 0. The van der Waals surface area contributed by atoms with Gasteiger partial charge in [-0.25, -0.2) is 18.6 Å². The van der Waals surface area contributed by atoms with Gasteiger partial charge in [0, 0.05) is 11.6 Å². The van der Waals surface area contributed by atoms with Crippen molar-refractivity contribution in [3.05, 3.63) is 51.0 Å². The number of carboxylic acid groups (broad SMARTS) is 1. The first-order valence-corrected chi connectivity index (χ1v) is 6.62. The highest BCUT2D eigenvalue weighted by Gasteiger charge is 2.15. The smallest absolute Gasteiger partial charge is 0.347 e. The van der Waals surface area contributed by atoms with Crippen LogP contribution >= 0.6 is 11.3 Å². The molecule has 0 aliphatic heterocycles. The summed E-state index contributed by atoms with van der Waals surface area (Å²) in [4.78, 5) is 26.7. The molecule has 0 radical (unpaired) electrons. The van der Waals surface area contributed by atoms with E-state index in [1.165, 1.54) is 0 Å². The average molecular weight is 312 g/mol. The summed E-state index contributed by atoms with van der Waals surface area (Å²) >= 11 is 0.938. The number of hydrogen-bond acceptors (Lipinski definition) is 4. The number of halogens is 2. The molecule has 0 bridgehead atoms. The highest BCUT2D eigenvalue weighted by Crippen LogP contribution is 2.18. The summed E-state index contributed by atoms with van der Waals surface area (Å²) < 4.78 is 26.0. The third-order valence-corrected chi connectivity index (χ3v) is 3.71. The van der Waals surface area contributed by atoms with Crippen LogP contribution in [0.25, 0.3) is 0 Å². The van der Waals surface area contributed by atoms with Crippen molar-refractivity contribution in [3.63, 3.8) is 0 Å². The molecule has 2 rings (SSSR count). The van der Waals surface area contributed by atoms with Gasteiger partial charge in [-0.1, -0.05) is 0 Å². The predicted molar refractivity (Wildman–Crippen MR) is 71.3 cm³/mol. The Labute approximate surface area is 122 Å². The minimum absolute atomic E-state index is 0.0181. The molecule has 0 fully saturated rings. The monoisotopic (exact) mass is 312 g/mol. The van der Waals surface area contributed by atoms with E-state index in [-0.39, 0.29) is 17.0 Å². The first-order chi connectivity index (χ1) is 9.86. The number of carbonyl (C=O) groups is 2. The van der Waals surface area contributed by atoms with Crippen LogP contribution in [-0.2, 0) is 6.54 Å². The van der Waals surface area contributed by atoms with Gasteiger partial charge in [-0.3, -0.25) is 4.79 Å². The van der Waals surface area contributed by atoms with Crippen LogP contribution in [0.4, 0.5) is 8.78 Å². The van der Waals surface area contributed by atoms with Crippen molar-refractivity contribution in [1.82, 2.24) is 10.3 Å². The number of nitrogens with one attached hydrogen (secondary N) is 1. The zero-order chi connectivity index (χ0) is 15.6. The van der Waals surface area contributed by atoms with E-state index in [0.29, 0.717) is 16.8 Å². The Morgan fingerprint density at radius 1 is 1.29 bits per heavy atom. The topological polar surface area (TPSA) is 79.3 Å². The van der Waals surface area contributed by atoms with Gasteiger partial charge in [-0.05, 0) is 19.1 Å². The van der Waals surface area contributed by atoms with E-state index in [0.717, 1.165) is 23.5 Å². The Hall–Kier alpha value is -2.35. The molecule has 2 N–H and O–H groups in total. The van der Waals surface area contributed by atoms with Crippen molar-refractivity contribution < 1.29 is 23.5 Å². The molecule has 1 heterocycles. The van der Waals surface area contributed by atoms with Gasteiger partial charge in [-0.2, -0.15) is 0 Å². The fourth-order valence-electron chi connectivity index (χ4n) is 1.67. The van der Waals surface area contributed by atoms with E-state index >= 15 is 0 Å². The number of rotatable bonds is 4. The van der Waals surface area contributed by atoms with Gasteiger partial charge in [-0.15, -0.1) is 11.3 Å². The van der Waals surface area contributed by atoms with Crippen LogP contribution in [0.3, 0.4) is 0 Å². The van der Waals surface area contributed by atoms with E-state index in [1.807, 2.05) is 0 Å². The summed E-state index contributed by atoms with van der Waals surface area (Å²) in [5.74, 6) is -3.45. The molecule has 1 amide bonds. The van der Waals surface area contributed by atoms with Gasteiger partial charge >= 0.3 is 5.97 Å². The molecule has 8 heteroatoms. The molecule has 110 valence electrons.